The van der Waals surface area contributed by atoms with Gasteiger partial charge in [-0.05, 0) is 77.2 Å². The Morgan fingerprint density at radius 2 is 1.78 bits per heavy atom. The molecule has 1 heterocycles. The SMILES string of the molecule is COc1cccc(CCNNC(=O)[C@@]2(CCS(=O)(=O)c3ccccc3)N=C(c3ccc(OCCCO)cc3)O[C@H]2c2ccccc2CN=[N+]=[N-])c1. The Hall–Kier alpha value is -5.40. The topological polar surface area (TPSA) is 184 Å². The fourth-order valence-corrected chi connectivity index (χ4v) is 7.10. The van der Waals surface area contributed by atoms with Crippen LogP contribution in [-0.2, 0) is 32.3 Å². The van der Waals surface area contributed by atoms with E-state index in [1.54, 1.807) is 73.8 Å². The molecule has 0 unspecified atom stereocenters. The Morgan fingerprint density at radius 3 is 2.53 bits per heavy atom. The molecule has 0 spiro atoms. The van der Waals surface area contributed by atoms with Crippen molar-refractivity contribution in [3.05, 3.63) is 136 Å². The zero-order chi connectivity index (χ0) is 36.1. The molecule has 0 fully saturated rings. The Morgan fingerprint density at radius 1 is 1.02 bits per heavy atom. The Labute approximate surface area is 296 Å². The van der Waals surface area contributed by atoms with Crippen LogP contribution in [0.15, 0.2) is 118 Å². The highest BCUT2D eigenvalue weighted by Gasteiger charge is 2.54. The number of azide groups is 1. The lowest BCUT2D eigenvalue weighted by Crippen LogP contribution is -2.53. The number of benzene rings is 4. The first kappa shape index (κ1) is 36.9. The minimum Gasteiger partial charge on any atom is -0.497 e. The Balaban J connectivity index is 1.52. The van der Waals surface area contributed by atoms with E-state index in [0.29, 0.717) is 54.2 Å². The number of aliphatic hydroxyl groups is 1. The highest BCUT2D eigenvalue weighted by Crippen LogP contribution is 2.44. The molecule has 0 saturated heterocycles. The van der Waals surface area contributed by atoms with Gasteiger partial charge in [0.1, 0.15) is 11.5 Å². The van der Waals surface area contributed by atoms with E-state index < -0.39 is 33.1 Å². The lowest BCUT2D eigenvalue weighted by molar-refractivity contribution is -0.130. The number of ether oxygens (including phenoxy) is 3. The van der Waals surface area contributed by atoms with Crippen LogP contribution in [0.2, 0.25) is 0 Å². The standard InChI is InChI=1S/C37H40N6O7S/c1-48-31-11-7-9-27(25-31)19-21-39-42-36(45)37(20-24-51(46,47)32-12-3-2-4-13-32)34(33-14-6-5-10-29(33)26-40-43-38)50-35(41-37)28-15-17-30(18-16-28)49-23-8-22-44/h2-7,9-18,25,34,39,44H,8,19-24,26H2,1H3,(H,42,45)/t34-,37-/m0/s1. The second-order valence-electron chi connectivity index (χ2n) is 11.7. The predicted octanol–water partition coefficient (Wildman–Crippen LogP) is 5.25. The summed E-state index contributed by atoms with van der Waals surface area (Å²) in [4.78, 5) is 22.5. The fourth-order valence-electron chi connectivity index (χ4n) is 5.71. The van der Waals surface area contributed by atoms with Crippen molar-refractivity contribution in [1.82, 2.24) is 10.9 Å². The van der Waals surface area contributed by atoms with E-state index in [4.69, 9.17) is 29.8 Å². The van der Waals surface area contributed by atoms with Gasteiger partial charge in [-0.3, -0.25) is 10.2 Å². The molecule has 5 rings (SSSR count). The minimum absolute atomic E-state index is 0.00523. The first-order valence-electron chi connectivity index (χ1n) is 16.4. The summed E-state index contributed by atoms with van der Waals surface area (Å²) in [5, 5.41) is 12.8. The highest BCUT2D eigenvalue weighted by atomic mass is 32.2. The van der Waals surface area contributed by atoms with Crippen LogP contribution in [0.5, 0.6) is 11.5 Å². The summed E-state index contributed by atoms with van der Waals surface area (Å²) in [5.41, 5.74) is 15.8. The van der Waals surface area contributed by atoms with E-state index >= 15 is 0 Å². The van der Waals surface area contributed by atoms with Crippen LogP contribution in [0, 0.1) is 0 Å². The molecule has 1 aliphatic heterocycles. The molecule has 2 atom stereocenters. The van der Waals surface area contributed by atoms with Crippen LogP contribution >= 0.6 is 0 Å². The Bertz CT molecular complexity index is 1970. The number of aliphatic hydroxyl groups excluding tert-OH is 1. The summed E-state index contributed by atoms with van der Waals surface area (Å²) in [6.07, 6.45) is -0.293. The van der Waals surface area contributed by atoms with Gasteiger partial charge in [0.25, 0.3) is 5.91 Å². The van der Waals surface area contributed by atoms with E-state index in [9.17, 15) is 13.2 Å². The van der Waals surface area contributed by atoms with Crippen molar-refractivity contribution < 1.29 is 32.5 Å². The average molecular weight is 713 g/mol. The fraction of sp³-hybridized carbons (Fsp3) is 0.297. The number of carbonyl (C=O) groups is 1. The number of nitrogens with one attached hydrogen (secondary N) is 2. The number of nitrogens with zero attached hydrogens (tertiary/aromatic N) is 4. The van der Waals surface area contributed by atoms with E-state index in [2.05, 4.69) is 20.9 Å². The molecular formula is C37H40N6O7S. The molecule has 3 N–H and O–H groups in total. The molecule has 0 saturated carbocycles. The van der Waals surface area contributed by atoms with Crippen LogP contribution < -0.4 is 20.3 Å². The molecule has 14 heteroatoms. The molecule has 4 aromatic carbocycles. The third-order valence-electron chi connectivity index (χ3n) is 8.40. The first-order valence-corrected chi connectivity index (χ1v) is 18.1. The maximum atomic E-state index is 14.5. The Kier molecular flexibility index (Phi) is 12.7. The van der Waals surface area contributed by atoms with Crippen LogP contribution in [0.3, 0.4) is 0 Å². The zero-order valence-corrected chi connectivity index (χ0v) is 29.0. The van der Waals surface area contributed by atoms with Gasteiger partial charge in [0.15, 0.2) is 21.5 Å². The number of aliphatic imine (C=N–C) groups is 1. The van der Waals surface area contributed by atoms with Crippen LogP contribution in [0.25, 0.3) is 10.4 Å². The van der Waals surface area contributed by atoms with Crippen LogP contribution in [-0.4, -0.2) is 63.5 Å². The maximum absolute atomic E-state index is 14.5. The largest absolute Gasteiger partial charge is 0.497 e. The second-order valence-corrected chi connectivity index (χ2v) is 13.9. The summed E-state index contributed by atoms with van der Waals surface area (Å²) >= 11 is 0. The molecule has 1 aliphatic rings. The van der Waals surface area contributed by atoms with Gasteiger partial charge >= 0.3 is 0 Å². The van der Waals surface area contributed by atoms with Gasteiger partial charge in [-0.25, -0.2) is 18.8 Å². The molecule has 0 aromatic heterocycles. The number of hydrazine groups is 1. The smallest absolute Gasteiger partial charge is 0.266 e. The second kappa shape index (κ2) is 17.5. The average Bonchev–Trinajstić information content (AvgIpc) is 3.56. The van der Waals surface area contributed by atoms with Crippen molar-refractivity contribution in [1.29, 1.82) is 0 Å². The summed E-state index contributed by atoms with van der Waals surface area (Å²) in [6.45, 7) is 0.664. The van der Waals surface area contributed by atoms with Gasteiger partial charge in [-0.1, -0.05) is 59.7 Å². The van der Waals surface area contributed by atoms with Gasteiger partial charge in [0, 0.05) is 36.5 Å². The van der Waals surface area contributed by atoms with Crippen LogP contribution in [0.1, 0.15) is 41.2 Å². The first-order chi connectivity index (χ1) is 24.8. The monoisotopic (exact) mass is 712 g/mol. The number of sulfone groups is 1. The van der Waals surface area contributed by atoms with Gasteiger partial charge in [0.05, 0.1) is 30.9 Å². The lowest BCUT2D eigenvalue weighted by atomic mass is 9.83. The molecule has 0 aliphatic carbocycles. The number of rotatable bonds is 18. The highest BCUT2D eigenvalue weighted by molar-refractivity contribution is 7.91. The van der Waals surface area contributed by atoms with E-state index in [1.165, 1.54) is 12.1 Å². The normalized spacial score (nSPS) is 16.7. The van der Waals surface area contributed by atoms with E-state index in [1.807, 2.05) is 24.3 Å². The molecule has 1 amide bonds. The molecule has 4 aromatic rings. The number of hydrogen-bond donors (Lipinski definition) is 3. The maximum Gasteiger partial charge on any atom is 0.266 e. The van der Waals surface area contributed by atoms with E-state index in [0.717, 1.165) is 5.56 Å². The number of hydrogen-bond acceptors (Lipinski definition) is 10. The van der Waals surface area contributed by atoms with Crippen molar-refractivity contribution in [3.63, 3.8) is 0 Å². The quantitative estimate of drug-likeness (QED) is 0.0411. The summed E-state index contributed by atoms with van der Waals surface area (Å²) < 4.78 is 44.8. The summed E-state index contributed by atoms with van der Waals surface area (Å²) in [6, 6.07) is 29.6. The molecule has 0 bridgehead atoms. The minimum atomic E-state index is -3.85. The third-order valence-corrected chi connectivity index (χ3v) is 10.1. The molecule has 266 valence electrons. The van der Waals surface area contributed by atoms with Crippen molar-refractivity contribution >= 4 is 21.6 Å². The number of methoxy groups -OCH3 is 1. The zero-order valence-electron chi connectivity index (χ0n) is 28.1. The van der Waals surface area contributed by atoms with Crippen LogP contribution in [0.4, 0.5) is 0 Å². The van der Waals surface area contributed by atoms with Crippen molar-refractivity contribution in [3.8, 4) is 11.5 Å². The van der Waals surface area contributed by atoms with Crippen molar-refractivity contribution in [2.75, 3.05) is 32.6 Å². The summed E-state index contributed by atoms with van der Waals surface area (Å²) in [5.74, 6) is 0.400. The predicted molar refractivity (Wildman–Crippen MR) is 192 cm³/mol. The molecular weight excluding hydrogens is 673 g/mol. The number of carbonyl (C=O) groups excluding carboxylic acids is 1. The lowest BCUT2D eigenvalue weighted by Gasteiger charge is -2.31. The third kappa shape index (κ3) is 9.24. The van der Waals surface area contributed by atoms with Gasteiger partial charge < -0.3 is 19.3 Å². The van der Waals surface area contributed by atoms with Gasteiger partial charge in [-0.2, -0.15) is 0 Å². The molecule has 51 heavy (non-hydrogen) atoms. The van der Waals surface area contributed by atoms with Crippen molar-refractivity contribution in [2.45, 2.75) is 42.3 Å². The molecule has 13 nitrogen and oxygen atoms in total. The van der Waals surface area contributed by atoms with Gasteiger partial charge in [0.2, 0.25) is 5.90 Å². The summed E-state index contributed by atoms with van der Waals surface area (Å²) in [7, 11) is -2.26. The van der Waals surface area contributed by atoms with Gasteiger partial charge in [-0.15, -0.1) is 0 Å². The molecule has 0 radical (unpaired) electrons. The van der Waals surface area contributed by atoms with Crippen molar-refractivity contribution in [2.24, 2.45) is 10.1 Å². The number of amides is 1. The van der Waals surface area contributed by atoms with E-state index in [-0.39, 0.29) is 30.4 Å².